The average molecular weight is 242 g/mol. The molecular formula is C11H16ClN3O. The zero-order valence-electron chi connectivity index (χ0n) is 9.32. The summed E-state index contributed by atoms with van der Waals surface area (Å²) in [6, 6.07) is 0.527. The van der Waals surface area contributed by atoms with Crippen molar-refractivity contribution >= 4 is 12.4 Å². The van der Waals surface area contributed by atoms with E-state index in [1.165, 1.54) is 30.5 Å². The number of hydrogen-bond donors (Lipinski definition) is 1. The molecule has 1 aliphatic carbocycles. The molecule has 5 heteroatoms. The number of fused-ring (bicyclic) bond motifs is 1. The molecular weight excluding hydrogens is 226 g/mol. The lowest BCUT2D eigenvalue weighted by atomic mass is 9.81. The van der Waals surface area contributed by atoms with Crippen molar-refractivity contribution in [3.63, 3.8) is 0 Å². The van der Waals surface area contributed by atoms with Crippen LogP contribution in [0.1, 0.15) is 42.1 Å². The number of ether oxygens (including phenoxy) is 1. The predicted molar refractivity (Wildman–Crippen MR) is 63.0 cm³/mol. The van der Waals surface area contributed by atoms with Gasteiger partial charge in [0, 0.05) is 24.6 Å². The highest BCUT2D eigenvalue weighted by atomic mass is 35.5. The van der Waals surface area contributed by atoms with E-state index in [0.29, 0.717) is 11.9 Å². The van der Waals surface area contributed by atoms with Crippen LogP contribution in [0, 0.1) is 0 Å². The first-order valence-corrected chi connectivity index (χ1v) is 5.53. The van der Waals surface area contributed by atoms with Gasteiger partial charge in [-0.15, -0.1) is 12.4 Å². The van der Waals surface area contributed by atoms with Crippen LogP contribution in [0.15, 0.2) is 0 Å². The third kappa shape index (κ3) is 1.76. The van der Waals surface area contributed by atoms with Crippen LogP contribution in [-0.4, -0.2) is 17.1 Å². The van der Waals surface area contributed by atoms with Gasteiger partial charge in [0.2, 0.25) is 0 Å². The minimum Gasteiger partial charge on any atom is -0.467 e. The van der Waals surface area contributed by atoms with Crippen molar-refractivity contribution in [1.29, 1.82) is 0 Å². The van der Waals surface area contributed by atoms with Gasteiger partial charge in [0.05, 0.1) is 18.5 Å². The fourth-order valence-electron chi connectivity index (χ4n) is 2.28. The highest BCUT2D eigenvalue weighted by Crippen LogP contribution is 2.38. The van der Waals surface area contributed by atoms with E-state index in [-0.39, 0.29) is 12.4 Å². The van der Waals surface area contributed by atoms with Gasteiger partial charge in [-0.1, -0.05) is 6.42 Å². The fraction of sp³-hybridized carbons (Fsp3) is 0.636. The molecule has 1 aromatic rings. The lowest BCUT2D eigenvalue weighted by Gasteiger charge is -2.26. The van der Waals surface area contributed by atoms with Crippen molar-refractivity contribution < 1.29 is 4.74 Å². The van der Waals surface area contributed by atoms with Gasteiger partial charge >= 0.3 is 6.01 Å². The van der Waals surface area contributed by atoms with Gasteiger partial charge in [0.15, 0.2) is 0 Å². The Labute approximate surface area is 101 Å². The van der Waals surface area contributed by atoms with Crippen LogP contribution in [0.25, 0.3) is 0 Å². The Bertz CT molecular complexity index is 393. The number of hydrogen-bond acceptors (Lipinski definition) is 4. The molecule has 0 amide bonds. The summed E-state index contributed by atoms with van der Waals surface area (Å²) in [6.45, 7) is 1.78. The summed E-state index contributed by atoms with van der Waals surface area (Å²) in [6.07, 6.45) is 3.87. The summed E-state index contributed by atoms with van der Waals surface area (Å²) >= 11 is 0. The number of methoxy groups -OCH3 is 1. The van der Waals surface area contributed by atoms with Crippen molar-refractivity contribution in [3.8, 4) is 6.01 Å². The molecule has 16 heavy (non-hydrogen) atoms. The van der Waals surface area contributed by atoms with Crippen LogP contribution in [0.3, 0.4) is 0 Å². The van der Waals surface area contributed by atoms with Crippen LogP contribution in [0.4, 0.5) is 0 Å². The van der Waals surface area contributed by atoms with E-state index in [0.717, 1.165) is 18.8 Å². The van der Waals surface area contributed by atoms with Crippen LogP contribution in [0.2, 0.25) is 0 Å². The minimum absolute atomic E-state index is 0. The Balaban J connectivity index is 0.000000963. The predicted octanol–water partition coefficient (Wildman–Crippen LogP) is 1.78. The number of nitrogens with one attached hydrogen (secondary N) is 1. The number of nitrogens with zero attached hydrogens (tertiary/aromatic N) is 2. The third-order valence-corrected chi connectivity index (χ3v) is 3.37. The SMILES string of the molecule is COc1nc2c(c(C3CCC3)n1)CNC2.Cl. The second-order valence-corrected chi connectivity index (χ2v) is 4.25. The lowest BCUT2D eigenvalue weighted by Crippen LogP contribution is -2.15. The standard InChI is InChI=1S/C11H15N3O.ClH/c1-15-11-13-9-6-12-5-8(9)10(14-11)7-3-2-4-7;/h7,12H,2-6H2,1H3;1H. The maximum absolute atomic E-state index is 5.15. The van der Waals surface area contributed by atoms with Crippen LogP contribution in [0.5, 0.6) is 6.01 Å². The topological polar surface area (TPSA) is 47.0 Å². The monoisotopic (exact) mass is 241 g/mol. The molecule has 3 rings (SSSR count). The van der Waals surface area contributed by atoms with E-state index in [1.807, 2.05) is 0 Å². The van der Waals surface area contributed by atoms with Crippen molar-refractivity contribution in [2.45, 2.75) is 38.3 Å². The first-order chi connectivity index (χ1) is 7.38. The lowest BCUT2D eigenvalue weighted by molar-refractivity contribution is 0.362. The normalized spacial score (nSPS) is 18.6. The molecule has 0 bridgehead atoms. The van der Waals surface area contributed by atoms with Crippen LogP contribution < -0.4 is 10.1 Å². The van der Waals surface area contributed by atoms with Crippen LogP contribution >= 0.6 is 12.4 Å². The molecule has 1 fully saturated rings. The highest BCUT2D eigenvalue weighted by Gasteiger charge is 2.28. The largest absolute Gasteiger partial charge is 0.467 e. The Morgan fingerprint density at radius 2 is 2.06 bits per heavy atom. The van der Waals surface area contributed by atoms with Crippen molar-refractivity contribution in [2.24, 2.45) is 0 Å². The maximum Gasteiger partial charge on any atom is 0.316 e. The van der Waals surface area contributed by atoms with Gasteiger partial charge in [-0.2, -0.15) is 9.97 Å². The molecule has 0 unspecified atom stereocenters. The minimum atomic E-state index is 0. The molecule has 4 nitrogen and oxygen atoms in total. The Morgan fingerprint density at radius 3 is 2.69 bits per heavy atom. The maximum atomic E-state index is 5.15. The second kappa shape index (κ2) is 4.55. The van der Waals surface area contributed by atoms with Gasteiger partial charge in [-0.3, -0.25) is 0 Å². The smallest absolute Gasteiger partial charge is 0.316 e. The van der Waals surface area contributed by atoms with E-state index in [2.05, 4.69) is 15.3 Å². The summed E-state index contributed by atoms with van der Waals surface area (Å²) in [5.41, 5.74) is 3.68. The molecule has 0 spiro atoms. The van der Waals surface area contributed by atoms with E-state index >= 15 is 0 Å². The molecule has 1 aromatic heterocycles. The van der Waals surface area contributed by atoms with Crippen molar-refractivity contribution in [1.82, 2.24) is 15.3 Å². The Hall–Kier alpha value is -0.870. The van der Waals surface area contributed by atoms with Gasteiger partial charge in [0.25, 0.3) is 0 Å². The average Bonchev–Trinajstić information content (AvgIpc) is 2.62. The Kier molecular flexibility index (Phi) is 3.30. The van der Waals surface area contributed by atoms with Gasteiger partial charge in [0.1, 0.15) is 0 Å². The van der Waals surface area contributed by atoms with E-state index in [1.54, 1.807) is 7.11 Å². The van der Waals surface area contributed by atoms with Gasteiger partial charge in [-0.05, 0) is 12.8 Å². The van der Waals surface area contributed by atoms with Crippen molar-refractivity contribution in [2.75, 3.05) is 7.11 Å². The highest BCUT2D eigenvalue weighted by molar-refractivity contribution is 5.85. The molecule has 0 atom stereocenters. The Morgan fingerprint density at radius 1 is 1.25 bits per heavy atom. The van der Waals surface area contributed by atoms with Gasteiger partial charge < -0.3 is 10.1 Å². The second-order valence-electron chi connectivity index (χ2n) is 4.25. The molecule has 0 saturated heterocycles. The number of rotatable bonds is 2. The van der Waals surface area contributed by atoms with Gasteiger partial charge in [-0.25, -0.2) is 0 Å². The molecule has 0 aromatic carbocycles. The van der Waals surface area contributed by atoms with Crippen LogP contribution in [-0.2, 0) is 13.1 Å². The summed E-state index contributed by atoms with van der Waals surface area (Å²) in [5.74, 6) is 0.649. The fourth-order valence-corrected chi connectivity index (χ4v) is 2.28. The first-order valence-electron chi connectivity index (χ1n) is 5.53. The molecule has 2 aliphatic rings. The third-order valence-electron chi connectivity index (χ3n) is 3.37. The zero-order chi connectivity index (χ0) is 10.3. The van der Waals surface area contributed by atoms with E-state index in [4.69, 9.17) is 4.74 Å². The first kappa shape index (κ1) is 11.6. The molecule has 1 aliphatic heterocycles. The van der Waals surface area contributed by atoms with E-state index in [9.17, 15) is 0 Å². The zero-order valence-corrected chi connectivity index (χ0v) is 10.1. The molecule has 88 valence electrons. The summed E-state index contributed by atoms with van der Waals surface area (Å²) in [4.78, 5) is 8.89. The molecule has 1 N–H and O–H groups in total. The molecule has 2 heterocycles. The summed E-state index contributed by atoms with van der Waals surface area (Å²) < 4.78 is 5.15. The van der Waals surface area contributed by atoms with Crippen molar-refractivity contribution in [3.05, 3.63) is 17.0 Å². The number of aromatic nitrogens is 2. The van der Waals surface area contributed by atoms with E-state index < -0.39 is 0 Å². The molecule has 1 saturated carbocycles. The molecule has 0 radical (unpaired) electrons. The summed E-state index contributed by atoms with van der Waals surface area (Å²) in [5, 5.41) is 3.32. The summed E-state index contributed by atoms with van der Waals surface area (Å²) in [7, 11) is 1.63. The number of halogens is 1. The quantitative estimate of drug-likeness (QED) is 0.858.